The highest BCUT2D eigenvalue weighted by Gasteiger charge is 2.27. The van der Waals surface area contributed by atoms with Crippen molar-refractivity contribution in [3.63, 3.8) is 0 Å². The molecule has 0 saturated heterocycles. The van der Waals surface area contributed by atoms with E-state index in [1.165, 1.54) is 6.07 Å². The molecule has 2 aromatic rings. The first kappa shape index (κ1) is 10.5. The molecule has 0 spiro atoms. The van der Waals surface area contributed by atoms with Crippen molar-refractivity contribution < 1.29 is 8.81 Å². The normalized spacial score (nSPS) is 23.4. The van der Waals surface area contributed by atoms with Crippen LogP contribution in [0.25, 0.3) is 0 Å². The van der Waals surface area contributed by atoms with Crippen LogP contribution in [0.1, 0.15) is 29.9 Å². The maximum absolute atomic E-state index is 13.3. The maximum Gasteiger partial charge on any atom is 0.123 e. The molecule has 2 nitrogen and oxygen atoms in total. The summed E-state index contributed by atoms with van der Waals surface area (Å²) in [6.45, 7) is 2.11. The van der Waals surface area contributed by atoms with Gasteiger partial charge in [0.1, 0.15) is 11.6 Å². The number of benzene rings is 1. The Labute approximate surface area is 99.5 Å². The highest BCUT2D eigenvalue weighted by molar-refractivity contribution is 5.35. The van der Waals surface area contributed by atoms with E-state index in [1.54, 1.807) is 18.4 Å². The minimum Gasteiger partial charge on any atom is -0.469 e. The van der Waals surface area contributed by atoms with Crippen molar-refractivity contribution in [2.45, 2.75) is 25.4 Å². The van der Waals surface area contributed by atoms with Crippen LogP contribution in [0.2, 0.25) is 0 Å². The number of rotatable bonds is 1. The zero-order valence-electron chi connectivity index (χ0n) is 9.61. The van der Waals surface area contributed by atoms with Crippen LogP contribution in [0.3, 0.4) is 0 Å². The first-order valence-corrected chi connectivity index (χ1v) is 5.82. The summed E-state index contributed by atoms with van der Waals surface area (Å²) in [4.78, 5) is 0. The minimum absolute atomic E-state index is 0.0307. The Morgan fingerprint density at radius 3 is 3.06 bits per heavy atom. The van der Waals surface area contributed by atoms with Gasteiger partial charge >= 0.3 is 0 Å². The van der Waals surface area contributed by atoms with Crippen molar-refractivity contribution in [3.05, 3.63) is 59.3 Å². The molecule has 0 fully saturated rings. The summed E-state index contributed by atoms with van der Waals surface area (Å²) in [7, 11) is 0. The maximum atomic E-state index is 13.3. The third-order valence-corrected chi connectivity index (χ3v) is 3.22. The van der Waals surface area contributed by atoms with Gasteiger partial charge in [-0.2, -0.15) is 0 Å². The van der Waals surface area contributed by atoms with Crippen molar-refractivity contribution in [2.24, 2.45) is 0 Å². The number of hydrogen-bond acceptors (Lipinski definition) is 2. The van der Waals surface area contributed by atoms with E-state index >= 15 is 0 Å². The summed E-state index contributed by atoms with van der Waals surface area (Å²) in [5.74, 6) is 0.804. The summed E-state index contributed by atoms with van der Waals surface area (Å²) in [6, 6.07) is 9.05. The van der Waals surface area contributed by atoms with Gasteiger partial charge in [-0.15, -0.1) is 0 Å². The molecule has 2 unspecified atom stereocenters. The summed E-state index contributed by atoms with van der Waals surface area (Å²) < 4.78 is 18.7. The third kappa shape index (κ3) is 1.87. The van der Waals surface area contributed by atoms with Crippen molar-refractivity contribution in [3.8, 4) is 0 Å². The Bertz CT molecular complexity index is 535. The minimum atomic E-state index is -0.201. The largest absolute Gasteiger partial charge is 0.469 e. The van der Waals surface area contributed by atoms with E-state index in [9.17, 15) is 4.39 Å². The predicted octanol–water partition coefficient (Wildman–Crippen LogP) is 3.04. The van der Waals surface area contributed by atoms with E-state index in [0.717, 1.165) is 23.3 Å². The number of nitrogens with one attached hydrogen (secondary N) is 1. The molecule has 2 atom stereocenters. The first-order valence-electron chi connectivity index (χ1n) is 5.82. The SMILES string of the molecule is CC1Cc2occc2C(c2cccc(F)c2)N1. The molecular weight excluding hydrogens is 217 g/mol. The number of hydrogen-bond donors (Lipinski definition) is 1. The lowest BCUT2D eigenvalue weighted by molar-refractivity contribution is 0.399. The fourth-order valence-electron chi connectivity index (χ4n) is 2.45. The molecule has 0 radical (unpaired) electrons. The van der Waals surface area contributed by atoms with Gasteiger partial charge in [-0.1, -0.05) is 12.1 Å². The molecule has 1 aliphatic heterocycles. The second-order valence-electron chi connectivity index (χ2n) is 4.56. The van der Waals surface area contributed by atoms with Crippen LogP contribution in [0.5, 0.6) is 0 Å². The van der Waals surface area contributed by atoms with Crippen LogP contribution in [0.15, 0.2) is 41.0 Å². The van der Waals surface area contributed by atoms with Crippen molar-refractivity contribution in [1.82, 2.24) is 5.32 Å². The second kappa shape index (κ2) is 4.00. The monoisotopic (exact) mass is 231 g/mol. The number of fused-ring (bicyclic) bond motifs is 1. The fourth-order valence-corrected chi connectivity index (χ4v) is 2.45. The zero-order valence-corrected chi connectivity index (χ0v) is 9.61. The lowest BCUT2D eigenvalue weighted by atomic mass is 9.92. The molecule has 0 aliphatic carbocycles. The topological polar surface area (TPSA) is 25.2 Å². The van der Waals surface area contributed by atoms with Gasteiger partial charge in [0.05, 0.1) is 12.3 Å². The Kier molecular flexibility index (Phi) is 2.48. The van der Waals surface area contributed by atoms with Gasteiger partial charge in [-0.25, -0.2) is 4.39 Å². The summed E-state index contributed by atoms with van der Waals surface area (Å²) in [5, 5.41) is 3.48. The molecule has 0 bridgehead atoms. The summed E-state index contributed by atoms with van der Waals surface area (Å²) in [6.07, 6.45) is 2.59. The average molecular weight is 231 g/mol. The van der Waals surface area contributed by atoms with Crippen LogP contribution in [-0.2, 0) is 6.42 Å². The molecular formula is C14H14FNO. The van der Waals surface area contributed by atoms with Gasteiger partial charge in [-0.3, -0.25) is 0 Å². The predicted molar refractivity (Wildman–Crippen MR) is 63.3 cm³/mol. The van der Waals surface area contributed by atoms with Crippen LogP contribution in [-0.4, -0.2) is 6.04 Å². The lowest BCUT2D eigenvalue weighted by Crippen LogP contribution is -2.37. The van der Waals surface area contributed by atoms with E-state index in [2.05, 4.69) is 12.2 Å². The Hall–Kier alpha value is -1.61. The highest BCUT2D eigenvalue weighted by Crippen LogP contribution is 2.31. The van der Waals surface area contributed by atoms with Crippen LogP contribution < -0.4 is 5.32 Å². The van der Waals surface area contributed by atoms with Crippen molar-refractivity contribution in [1.29, 1.82) is 0 Å². The second-order valence-corrected chi connectivity index (χ2v) is 4.56. The molecule has 88 valence electrons. The highest BCUT2D eigenvalue weighted by atomic mass is 19.1. The van der Waals surface area contributed by atoms with Gasteiger partial charge in [0.15, 0.2) is 0 Å². The molecule has 3 heteroatoms. The Balaban J connectivity index is 2.05. The number of furan rings is 1. The van der Waals surface area contributed by atoms with Gasteiger partial charge in [0.2, 0.25) is 0 Å². The number of halogens is 1. The quantitative estimate of drug-likeness (QED) is 0.816. The molecule has 0 saturated carbocycles. The average Bonchev–Trinajstić information content (AvgIpc) is 2.75. The van der Waals surface area contributed by atoms with E-state index in [-0.39, 0.29) is 11.9 Å². The van der Waals surface area contributed by atoms with Gasteiger partial charge in [0, 0.05) is 18.0 Å². The summed E-state index contributed by atoms with van der Waals surface area (Å²) >= 11 is 0. The van der Waals surface area contributed by atoms with Crippen LogP contribution >= 0.6 is 0 Å². The van der Waals surface area contributed by atoms with Gasteiger partial charge in [0.25, 0.3) is 0 Å². The first-order chi connectivity index (χ1) is 8.24. The zero-order chi connectivity index (χ0) is 11.8. The van der Waals surface area contributed by atoms with Crippen LogP contribution in [0, 0.1) is 5.82 Å². The molecule has 1 aliphatic rings. The Morgan fingerprint density at radius 2 is 2.24 bits per heavy atom. The van der Waals surface area contributed by atoms with Crippen molar-refractivity contribution in [2.75, 3.05) is 0 Å². The Morgan fingerprint density at radius 1 is 1.35 bits per heavy atom. The van der Waals surface area contributed by atoms with E-state index in [1.807, 2.05) is 12.1 Å². The van der Waals surface area contributed by atoms with Crippen molar-refractivity contribution >= 4 is 0 Å². The molecule has 1 aromatic carbocycles. The third-order valence-electron chi connectivity index (χ3n) is 3.22. The molecule has 0 amide bonds. The van der Waals surface area contributed by atoms with E-state index < -0.39 is 0 Å². The van der Waals surface area contributed by atoms with Crippen LogP contribution in [0.4, 0.5) is 4.39 Å². The summed E-state index contributed by atoms with van der Waals surface area (Å²) in [5.41, 5.74) is 2.06. The molecule has 1 aromatic heterocycles. The van der Waals surface area contributed by atoms with E-state index in [4.69, 9.17) is 4.42 Å². The molecule has 3 rings (SSSR count). The standard InChI is InChI=1S/C14H14FNO/c1-9-7-13-12(5-6-17-13)14(16-9)10-3-2-4-11(15)8-10/h2-6,8-9,14,16H,7H2,1H3. The van der Waals surface area contributed by atoms with Gasteiger partial charge < -0.3 is 9.73 Å². The lowest BCUT2D eigenvalue weighted by Gasteiger charge is -2.28. The molecule has 2 heterocycles. The van der Waals surface area contributed by atoms with E-state index in [0.29, 0.717) is 6.04 Å². The fraction of sp³-hybridized carbons (Fsp3) is 0.286. The smallest absolute Gasteiger partial charge is 0.123 e. The molecule has 17 heavy (non-hydrogen) atoms. The molecule has 1 N–H and O–H groups in total. The van der Waals surface area contributed by atoms with Gasteiger partial charge in [-0.05, 0) is 30.7 Å².